The minimum absolute atomic E-state index is 0.0354. The summed E-state index contributed by atoms with van der Waals surface area (Å²) in [7, 11) is 0. The van der Waals surface area contributed by atoms with Crippen molar-refractivity contribution >= 4 is 23.1 Å². The quantitative estimate of drug-likeness (QED) is 0.450. The molecule has 2 aromatic carbocycles. The van der Waals surface area contributed by atoms with Crippen molar-refractivity contribution in [1.29, 1.82) is 0 Å². The predicted octanol–water partition coefficient (Wildman–Crippen LogP) is 3.40. The first-order chi connectivity index (χ1) is 13.7. The molecule has 1 unspecified atom stereocenters. The SMILES string of the molecule is O=C(c1ccccc1)c1ccc(NC2CCN(CC(F)(F)F)C2=O)c([N+](=O)[O-])c1. The van der Waals surface area contributed by atoms with Crippen LogP contribution in [0.2, 0.25) is 0 Å². The van der Waals surface area contributed by atoms with Crippen LogP contribution >= 0.6 is 0 Å². The number of rotatable bonds is 6. The van der Waals surface area contributed by atoms with Crippen LogP contribution in [0.1, 0.15) is 22.3 Å². The Hall–Kier alpha value is -3.43. The summed E-state index contributed by atoms with van der Waals surface area (Å²) in [5.74, 6) is -1.19. The van der Waals surface area contributed by atoms with Crippen molar-refractivity contribution in [2.24, 2.45) is 0 Å². The molecule has 152 valence electrons. The fourth-order valence-corrected chi connectivity index (χ4v) is 3.14. The fraction of sp³-hybridized carbons (Fsp3) is 0.263. The van der Waals surface area contributed by atoms with E-state index >= 15 is 0 Å². The molecule has 1 fully saturated rings. The highest BCUT2D eigenvalue weighted by Gasteiger charge is 2.39. The Morgan fingerprint density at radius 1 is 1.17 bits per heavy atom. The number of anilines is 1. The molecular weight excluding hydrogens is 391 g/mol. The molecule has 3 rings (SSSR count). The lowest BCUT2D eigenvalue weighted by molar-refractivity contribution is -0.384. The van der Waals surface area contributed by atoms with Gasteiger partial charge in [-0.15, -0.1) is 0 Å². The Morgan fingerprint density at radius 3 is 2.48 bits per heavy atom. The molecule has 1 saturated heterocycles. The number of ketones is 1. The van der Waals surface area contributed by atoms with Crippen molar-refractivity contribution in [3.63, 3.8) is 0 Å². The number of likely N-dealkylation sites (tertiary alicyclic amines) is 1. The van der Waals surface area contributed by atoms with Gasteiger partial charge in [0.15, 0.2) is 5.78 Å². The zero-order chi connectivity index (χ0) is 21.2. The monoisotopic (exact) mass is 407 g/mol. The highest BCUT2D eigenvalue weighted by atomic mass is 19.4. The number of benzene rings is 2. The third-order valence-electron chi connectivity index (χ3n) is 4.49. The molecule has 0 spiro atoms. The average Bonchev–Trinajstić information content (AvgIpc) is 3.00. The van der Waals surface area contributed by atoms with Crippen LogP contribution in [-0.4, -0.2) is 46.8 Å². The summed E-state index contributed by atoms with van der Waals surface area (Å²) in [6.07, 6.45) is -4.44. The Kier molecular flexibility index (Phi) is 5.53. The normalized spacial score (nSPS) is 16.7. The number of nitrogens with zero attached hydrogens (tertiary/aromatic N) is 2. The third kappa shape index (κ3) is 4.71. The smallest absolute Gasteiger partial charge is 0.368 e. The summed E-state index contributed by atoms with van der Waals surface area (Å²) in [4.78, 5) is 36.1. The molecule has 10 heteroatoms. The molecule has 0 saturated carbocycles. The van der Waals surface area contributed by atoms with Crippen molar-refractivity contribution in [2.75, 3.05) is 18.4 Å². The molecule has 1 aliphatic heterocycles. The first-order valence-electron chi connectivity index (χ1n) is 8.66. The van der Waals surface area contributed by atoms with Crippen molar-refractivity contribution in [3.8, 4) is 0 Å². The maximum Gasteiger partial charge on any atom is 0.406 e. The van der Waals surface area contributed by atoms with E-state index in [4.69, 9.17) is 0 Å². The summed E-state index contributed by atoms with van der Waals surface area (Å²) in [5, 5.41) is 14.1. The molecule has 1 atom stereocenters. The van der Waals surface area contributed by atoms with Gasteiger partial charge in [0, 0.05) is 23.7 Å². The van der Waals surface area contributed by atoms with Gasteiger partial charge in [0.25, 0.3) is 5.69 Å². The summed E-state index contributed by atoms with van der Waals surface area (Å²) in [5.41, 5.74) is -0.0261. The summed E-state index contributed by atoms with van der Waals surface area (Å²) in [6.45, 7) is -1.47. The van der Waals surface area contributed by atoms with Crippen LogP contribution in [0.4, 0.5) is 24.5 Å². The molecule has 1 amide bonds. The molecule has 1 aliphatic rings. The largest absolute Gasteiger partial charge is 0.406 e. The molecule has 7 nitrogen and oxygen atoms in total. The number of carbonyl (C=O) groups is 2. The second kappa shape index (κ2) is 7.90. The molecule has 2 aromatic rings. The highest BCUT2D eigenvalue weighted by Crippen LogP contribution is 2.30. The maximum atomic E-state index is 12.5. The van der Waals surface area contributed by atoms with E-state index in [0.717, 1.165) is 6.07 Å². The van der Waals surface area contributed by atoms with Gasteiger partial charge >= 0.3 is 6.18 Å². The summed E-state index contributed by atoms with van der Waals surface area (Å²) >= 11 is 0. The minimum Gasteiger partial charge on any atom is -0.368 e. The number of hydrogen-bond donors (Lipinski definition) is 1. The zero-order valence-corrected chi connectivity index (χ0v) is 15.0. The van der Waals surface area contributed by atoms with E-state index in [1.165, 1.54) is 12.1 Å². The average molecular weight is 407 g/mol. The summed E-state index contributed by atoms with van der Waals surface area (Å²) < 4.78 is 37.6. The van der Waals surface area contributed by atoms with Crippen LogP contribution in [0.25, 0.3) is 0 Å². The maximum absolute atomic E-state index is 12.5. The van der Waals surface area contributed by atoms with Gasteiger partial charge in [0.2, 0.25) is 5.91 Å². The van der Waals surface area contributed by atoms with E-state index in [2.05, 4.69) is 5.32 Å². The van der Waals surface area contributed by atoms with E-state index in [1.54, 1.807) is 30.3 Å². The van der Waals surface area contributed by atoms with Gasteiger partial charge in [0.05, 0.1) is 4.92 Å². The Balaban J connectivity index is 1.81. The van der Waals surface area contributed by atoms with Crippen LogP contribution < -0.4 is 5.32 Å². The van der Waals surface area contributed by atoms with E-state index in [1.807, 2.05) is 0 Å². The van der Waals surface area contributed by atoms with E-state index in [9.17, 15) is 32.9 Å². The second-order valence-corrected chi connectivity index (χ2v) is 6.54. The predicted molar refractivity (Wildman–Crippen MR) is 97.6 cm³/mol. The van der Waals surface area contributed by atoms with Gasteiger partial charge in [-0.3, -0.25) is 19.7 Å². The standard InChI is InChI=1S/C19H16F3N3O4/c20-19(21,22)11-24-9-8-15(18(24)27)23-14-7-6-13(10-16(14)25(28)29)17(26)12-4-2-1-3-5-12/h1-7,10,15,23H,8-9,11H2. The lowest BCUT2D eigenvalue weighted by atomic mass is 10.0. The number of amides is 1. The van der Waals surface area contributed by atoms with Gasteiger partial charge in [-0.25, -0.2) is 0 Å². The highest BCUT2D eigenvalue weighted by molar-refractivity contribution is 6.09. The lowest BCUT2D eigenvalue weighted by Gasteiger charge is -2.19. The zero-order valence-electron chi connectivity index (χ0n) is 15.0. The van der Waals surface area contributed by atoms with Crippen LogP contribution in [0.15, 0.2) is 48.5 Å². The number of carbonyl (C=O) groups excluding carboxylic acids is 2. The molecule has 0 radical (unpaired) electrons. The van der Waals surface area contributed by atoms with Crippen LogP contribution in [-0.2, 0) is 4.79 Å². The van der Waals surface area contributed by atoms with E-state index < -0.39 is 41.1 Å². The number of alkyl halides is 3. The van der Waals surface area contributed by atoms with Crippen molar-refractivity contribution in [2.45, 2.75) is 18.6 Å². The molecule has 0 bridgehead atoms. The van der Waals surface area contributed by atoms with E-state index in [-0.39, 0.29) is 24.2 Å². The van der Waals surface area contributed by atoms with Crippen LogP contribution in [0.5, 0.6) is 0 Å². The van der Waals surface area contributed by atoms with Gasteiger partial charge in [-0.2, -0.15) is 13.2 Å². The van der Waals surface area contributed by atoms with Gasteiger partial charge < -0.3 is 10.2 Å². The molecule has 1 N–H and O–H groups in total. The van der Waals surface area contributed by atoms with Gasteiger partial charge in [-0.1, -0.05) is 30.3 Å². The third-order valence-corrected chi connectivity index (χ3v) is 4.49. The van der Waals surface area contributed by atoms with Crippen molar-refractivity contribution < 1.29 is 27.7 Å². The Labute approximate surface area is 163 Å². The van der Waals surface area contributed by atoms with Crippen molar-refractivity contribution in [1.82, 2.24) is 4.90 Å². The van der Waals surface area contributed by atoms with Crippen molar-refractivity contribution in [3.05, 3.63) is 69.8 Å². The molecule has 29 heavy (non-hydrogen) atoms. The topological polar surface area (TPSA) is 92.6 Å². The van der Waals surface area contributed by atoms with Crippen LogP contribution in [0.3, 0.4) is 0 Å². The molecule has 0 aliphatic carbocycles. The fourth-order valence-electron chi connectivity index (χ4n) is 3.14. The molecular formula is C19H16F3N3O4. The van der Waals surface area contributed by atoms with Gasteiger partial charge in [-0.05, 0) is 18.6 Å². The molecule has 1 heterocycles. The van der Waals surface area contributed by atoms with Crippen LogP contribution in [0, 0.1) is 10.1 Å². The number of nitro groups is 1. The number of nitrogens with one attached hydrogen (secondary N) is 1. The summed E-state index contributed by atoms with van der Waals surface area (Å²) in [6, 6.07) is 10.9. The Morgan fingerprint density at radius 2 is 1.86 bits per heavy atom. The second-order valence-electron chi connectivity index (χ2n) is 6.54. The first-order valence-corrected chi connectivity index (χ1v) is 8.66. The lowest BCUT2D eigenvalue weighted by Crippen LogP contribution is -2.39. The Bertz CT molecular complexity index is 947. The minimum atomic E-state index is -4.52. The van der Waals surface area contributed by atoms with Gasteiger partial charge in [0.1, 0.15) is 18.3 Å². The van der Waals surface area contributed by atoms with E-state index in [0.29, 0.717) is 10.5 Å². The number of hydrogen-bond acceptors (Lipinski definition) is 5. The number of halogens is 3. The molecule has 0 aromatic heterocycles. The first kappa shape index (κ1) is 20.3. The number of nitro benzene ring substituents is 1.